The van der Waals surface area contributed by atoms with Crippen molar-refractivity contribution in [3.05, 3.63) is 36.0 Å². The molecule has 0 aliphatic heterocycles. The molecule has 0 spiro atoms. The highest BCUT2D eigenvalue weighted by Gasteiger charge is 2.06. The third-order valence-corrected chi connectivity index (χ3v) is 2.21. The Labute approximate surface area is 76.8 Å². The third kappa shape index (κ3) is 1.15. The topological polar surface area (TPSA) is 22.0 Å². The minimum Gasteiger partial charge on any atom is -0.285 e. The van der Waals surface area contributed by atoms with E-state index in [9.17, 15) is 4.79 Å². The molecule has 0 saturated heterocycles. The van der Waals surface area contributed by atoms with E-state index in [0.29, 0.717) is 0 Å². The van der Waals surface area contributed by atoms with Crippen LogP contribution in [0.5, 0.6) is 0 Å². The van der Waals surface area contributed by atoms with Gasteiger partial charge in [0.15, 0.2) is 0 Å². The first-order chi connectivity index (χ1) is 6.20. The highest BCUT2D eigenvalue weighted by Crippen LogP contribution is 2.18. The van der Waals surface area contributed by atoms with Gasteiger partial charge in [-0.1, -0.05) is 18.2 Å². The summed E-state index contributed by atoms with van der Waals surface area (Å²) in [4.78, 5) is 11.3. The molecule has 0 aliphatic rings. The van der Waals surface area contributed by atoms with Crippen LogP contribution < -0.4 is 0 Å². The predicted molar refractivity (Wildman–Crippen MR) is 53.0 cm³/mol. The summed E-state index contributed by atoms with van der Waals surface area (Å²) in [5.74, 6) is 0.0682. The van der Waals surface area contributed by atoms with Gasteiger partial charge in [-0.2, -0.15) is 0 Å². The molecule has 0 fully saturated rings. The summed E-state index contributed by atoms with van der Waals surface area (Å²) in [6, 6.07) is 9.93. The second kappa shape index (κ2) is 2.73. The molecule has 2 rings (SSSR count). The van der Waals surface area contributed by atoms with Crippen molar-refractivity contribution in [1.82, 2.24) is 4.57 Å². The Balaban J connectivity index is 2.86. The Kier molecular flexibility index (Phi) is 1.69. The summed E-state index contributed by atoms with van der Waals surface area (Å²) in [5.41, 5.74) is 1.99. The zero-order valence-electron chi connectivity index (χ0n) is 7.74. The number of para-hydroxylation sites is 1. The predicted octanol–water partition coefficient (Wildman–Crippen LogP) is 2.61. The molecule has 2 nitrogen and oxygen atoms in total. The summed E-state index contributed by atoms with van der Waals surface area (Å²) in [7, 11) is 0. The van der Waals surface area contributed by atoms with Crippen LogP contribution in [0.4, 0.5) is 0 Å². The third-order valence-electron chi connectivity index (χ3n) is 2.21. The van der Waals surface area contributed by atoms with E-state index >= 15 is 0 Å². The first-order valence-electron chi connectivity index (χ1n) is 4.28. The zero-order valence-corrected chi connectivity index (χ0v) is 7.74. The van der Waals surface area contributed by atoms with Crippen LogP contribution in [0, 0.1) is 6.92 Å². The van der Waals surface area contributed by atoms with Gasteiger partial charge in [0.2, 0.25) is 5.91 Å². The minimum absolute atomic E-state index is 0.0682. The van der Waals surface area contributed by atoms with Crippen LogP contribution in [0.25, 0.3) is 10.9 Å². The molecule has 0 bridgehead atoms. The molecular weight excluding hydrogens is 162 g/mol. The number of hydrogen-bond acceptors (Lipinski definition) is 1. The van der Waals surface area contributed by atoms with E-state index in [2.05, 4.69) is 0 Å². The van der Waals surface area contributed by atoms with Crippen LogP contribution >= 0.6 is 0 Å². The van der Waals surface area contributed by atoms with Crippen LogP contribution in [0.1, 0.15) is 17.4 Å². The largest absolute Gasteiger partial charge is 0.285 e. The van der Waals surface area contributed by atoms with Crippen molar-refractivity contribution in [1.29, 1.82) is 0 Å². The van der Waals surface area contributed by atoms with E-state index < -0.39 is 0 Å². The summed E-state index contributed by atoms with van der Waals surface area (Å²) in [5, 5.41) is 1.12. The Morgan fingerprint density at radius 2 is 2.00 bits per heavy atom. The molecule has 2 aromatic rings. The Bertz CT molecular complexity index is 468. The van der Waals surface area contributed by atoms with Crippen molar-refractivity contribution < 1.29 is 4.79 Å². The van der Waals surface area contributed by atoms with E-state index in [-0.39, 0.29) is 5.91 Å². The van der Waals surface area contributed by atoms with Crippen LogP contribution in [0.3, 0.4) is 0 Å². The molecule has 0 amide bonds. The standard InChI is InChI=1S/C11H11NO/c1-8-7-10-5-3-4-6-11(10)12(8)9(2)13/h3-7H,1-2H3. The summed E-state index contributed by atoms with van der Waals surface area (Å²) >= 11 is 0. The Hall–Kier alpha value is -1.57. The smallest absolute Gasteiger partial charge is 0.228 e. The van der Waals surface area contributed by atoms with Gasteiger partial charge in [0.05, 0.1) is 5.52 Å². The molecule has 66 valence electrons. The molecular formula is C11H11NO. The molecule has 0 saturated carbocycles. The van der Waals surface area contributed by atoms with Gasteiger partial charge in [-0.05, 0) is 19.1 Å². The molecule has 0 aliphatic carbocycles. The van der Waals surface area contributed by atoms with E-state index in [4.69, 9.17) is 0 Å². The number of benzene rings is 1. The molecule has 1 aromatic carbocycles. The lowest BCUT2D eigenvalue weighted by Gasteiger charge is -2.00. The van der Waals surface area contributed by atoms with Gasteiger partial charge in [0, 0.05) is 18.0 Å². The van der Waals surface area contributed by atoms with Gasteiger partial charge < -0.3 is 0 Å². The number of carbonyl (C=O) groups is 1. The van der Waals surface area contributed by atoms with Crippen LogP contribution in [-0.4, -0.2) is 10.5 Å². The average molecular weight is 173 g/mol. The first kappa shape index (κ1) is 8.05. The Morgan fingerprint density at radius 1 is 1.31 bits per heavy atom. The van der Waals surface area contributed by atoms with Crippen molar-refractivity contribution >= 4 is 16.8 Å². The van der Waals surface area contributed by atoms with E-state index in [1.807, 2.05) is 37.3 Å². The maximum Gasteiger partial charge on any atom is 0.228 e. The lowest BCUT2D eigenvalue weighted by Crippen LogP contribution is -2.06. The normalized spacial score (nSPS) is 10.6. The van der Waals surface area contributed by atoms with Crippen LogP contribution in [-0.2, 0) is 0 Å². The maximum absolute atomic E-state index is 11.3. The summed E-state index contributed by atoms with van der Waals surface area (Å²) in [6.45, 7) is 3.53. The number of aryl methyl sites for hydroxylation is 1. The van der Waals surface area contributed by atoms with Crippen LogP contribution in [0.2, 0.25) is 0 Å². The van der Waals surface area contributed by atoms with Crippen molar-refractivity contribution in [2.45, 2.75) is 13.8 Å². The highest BCUT2D eigenvalue weighted by molar-refractivity contribution is 5.92. The maximum atomic E-state index is 11.3. The van der Waals surface area contributed by atoms with Crippen molar-refractivity contribution in [2.75, 3.05) is 0 Å². The van der Waals surface area contributed by atoms with E-state index in [0.717, 1.165) is 16.6 Å². The first-order valence-corrected chi connectivity index (χ1v) is 4.28. The van der Waals surface area contributed by atoms with Gasteiger partial charge in [0.25, 0.3) is 0 Å². The molecule has 0 radical (unpaired) electrons. The van der Waals surface area contributed by atoms with Gasteiger partial charge in [-0.15, -0.1) is 0 Å². The van der Waals surface area contributed by atoms with Crippen molar-refractivity contribution in [2.24, 2.45) is 0 Å². The minimum atomic E-state index is 0.0682. The molecule has 2 heteroatoms. The van der Waals surface area contributed by atoms with Gasteiger partial charge in [-0.3, -0.25) is 9.36 Å². The Morgan fingerprint density at radius 3 is 2.69 bits per heavy atom. The molecule has 0 atom stereocenters. The number of nitrogens with zero attached hydrogens (tertiary/aromatic N) is 1. The number of hydrogen-bond donors (Lipinski definition) is 0. The summed E-state index contributed by atoms with van der Waals surface area (Å²) in [6.07, 6.45) is 0. The molecule has 1 heterocycles. The van der Waals surface area contributed by atoms with E-state index in [1.165, 1.54) is 0 Å². The fourth-order valence-electron chi connectivity index (χ4n) is 1.71. The van der Waals surface area contributed by atoms with Crippen LogP contribution in [0.15, 0.2) is 30.3 Å². The monoisotopic (exact) mass is 173 g/mol. The zero-order chi connectivity index (χ0) is 9.42. The second-order valence-corrected chi connectivity index (χ2v) is 3.20. The summed E-state index contributed by atoms with van der Waals surface area (Å²) < 4.78 is 1.73. The molecule has 0 unspecified atom stereocenters. The number of aromatic nitrogens is 1. The average Bonchev–Trinajstić information content (AvgIpc) is 2.39. The number of fused-ring (bicyclic) bond motifs is 1. The highest BCUT2D eigenvalue weighted by atomic mass is 16.1. The molecule has 0 N–H and O–H groups in total. The second-order valence-electron chi connectivity index (χ2n) is 3.20. The lowest BCUT2D eigenvalue weighted by molar-refractivity contribution is 0.0940. The fourth-order valence-corrected chi connectivity index (χ4v) is 1.71. The molecule has 13 heavy (non-hydrogen) atoms. The lowest BCUT2D eigenvalue weighted by atomic mass is 10.2. The molecule has 1 aromatic heterocycles. The fraction of sp³-hybridized carbons (Fsp3) is 0.182. The van der Waals surface area contributed by atoms with Gasteiger partial charge in [0.1, 0.15) is 0 Å². The van der Waals surface area contributed by atoms with Crippen molar-refractivity contribution in [3.63, 3.8) is 0 Å². The number of rotatable bonds is 0. The van der Waals surface area contributed by atoms with Gasteiger partial charge in [-0.25, -0.2) is 0 Å². The van der Waals surface area contributed by atoms with E-state index in [1.54, 1.807) is 11.5 Å². The van der Waals surface area contributed by atoms with Crippen molar-refractivity contribution in [3.8, 4) is 0 Å². The SMILES string of the molecule is CC(=O)n1c(C)cc2ccccc21. The van der Waals surface area contributed by atoms with Gasteiger partial charge >= 0.3 is 0 Å². The quantitative estimate of drug-likeness (QED) is 0.600. The number of carbonyl (C=O) groups excluding carboxylic acids is 1.